The Balaban J connectivity index is 1.99. The first-order chi connectivity index (χ1) is 10.5. The molecule has 4 aliphatic rings. The molecule has 0 aromatic rings. The van der Waals surface area contributed by atoms with Crippen molar-refractivity contribution in [3.63, 3.8) is 0 Å². The van der Waals surface area contributed by atoms with Crippen LogP contribution < -0.4 is 0 Å². The third-order valence-electron chi connectivity index (χ3n) is 6.38. The first kappa shape index (κ1) is 18.1. The van der Waals surface area contributed by atoms with Gasteiger partial charge >= 0.3 is 0 Å². The lowest BCUT2D eigenvalue weighted by atomic mass is 9.48. The summed E-state index contributed by atoms with van der Waals surface area (Å²) in [6.07, 6.45) is 5.29. The molecule has 2 atom stereocenters. The Bertz CT molecular complexity index is 535. The zero-order chi connectivity index (χ0) is 17.2. The third kappa shape index (κ3) is 2.79. The van der Waals surface area contributed by atoms with E-state index < -0.39 is 16.4 Å². The van der Waals surface area contributed by atoms with Crippen molar-refractivity contribution in [1.82, 2.24) is 4.90 Å². The summed E-state index contributed by atoms with van der Waals surface area (Å²) < 4.78 is 12.7. The Hall–Kier alpha value is 0.280. The van der Waals surface area contributed by atoms with E-state index in [2.05, 4.69) is 27.7 Å². The van der Waals surface area contributed by atoms with Gasteiger partial charge in [0.05, 0.1) is 10.6 Å². The molecule has 0 radical (unpaired) electrons. The number of carbonyl (C=O) groups excluding carboxylic acids is 1. The minimum Gasteiger partial charge on any atom is -0.337 e. The van der Waals surface area contributed by atoms with E-state index in [1.54, 1.807) is 0 Å². The summed E-state index contributed by atoms with van der Waals surface area (Å²) in [7, 11) is 0. The van der Waals surface area contributed by atoms with Crippen molar-refractivity contribution < 1.29 is 9.36 Å². The second-order valence-electron chi connectivity index (χ2n) is 8.83. The molecule has 23 heavy (non-hydrogen) atoms. The first-order valence-corrected chi connectivity index (χ1v) is 12.3. The van der Waals surface area contributed by atoms with Gasteiger partial charge in [-0.1, -0.05) is 0 Å². The highest BCUT2D eigenvalue weighted by molar-refractivity contribution is 8.09. The van der Waals surface area contributed by atoms with Gasteiger partial charge in [-0.25, -0.2) is 0 Å². The maximum atomic E-state index is 13.5. The van der Waals surface area contributed by atoms with E-state index in [1.807, 2.05) is 4.90 Å². The van der Waals surface area contributed by atoms with Crippen LogP contribution in [0.25, 0.3) is 0 Å². The van der Waals surface area contributed by atoms with Crippen molar-refractivity contribution in [2.24, 2.45) is 17.3 Å². The maximum absolute atomic E-state index is 13.5. The monoisotopic (exact) mass is 379 g/mol. The van der Waals surface area contributed by atoms with Gasteiger partial charge in [-0.15, -0.1) is 0 Å². The lowest BCUT2D eigenvalue weighted by Gasteiger charge is -2.62. The van der Waals surface area contributed by atoms with Crippen LogP contribution in [0.3, 0.4) is 0 Å². The molecule has 0 saturated heterocycles. The highest BCUT2D eigenvalue weighted by atomic mass is 35.9. The zero-order valence-corrected chi connectivity index (χ0v) is 16.9. The minimum atomic E-state index is -3.25. The van der Waals surface area contributed by atoms with Crippen LogP contribution in [0.2, 0.25) is 0 Å². The van der Waals surface area contributed by atoms with Gasteiger partial charge < -0.3 is 4.90 Å². The number of hydrogen-bond acceptors (Lipinski definition) is 2. The van der Waals surface area contributed by atoms with Crippen molar-refractivity contribution >= 4 is 34.2 Å². The SMILES string of the molecule is CC(C)N(C(=O)C12C[C@@H]3C[C@@H](C1)CC(P(=O)(Cl)Cl)(C3)C2)C(C)C. The van der Waals surface area contributed by atoms with Crippen LogP contribution in [0, 0.1) is 17.3 Å². The van der Waals surface area contributed by atoms with Gasteiger partial charge in [-0.3, -0.25) is 9.36 Å². The van der Waals surface area contributed by atoms with Crippen LogP contribution in [-0.4, -0.2) is 28.0 Å². The zero-order valence-electron chi connectivity index (χ0n) is 14.5. The van der Waals surface area contributed by atoms with Crippen LogP contribution >= 0.6 is 28.3 Å². The van der Waals surface area contributed by atoms with Crippen LogP contribution in [0.5, 0.6) is 0 Å². The van der Waals surface area contributed by atoms with Gasteiger partial charge in [0, 0.05) is 12.1 Å². The topological polar surface area (TPSA) is 37.4 Å². The van der Waals surface area contributed by atoms with Gasteiger partial charge in [0.2, 0.25) is 5.91 Å². The molecular formula is C17H28Cl2NO2P. The van der Waals surface area contributed by atoms with E-state index in [1.165, 1.54) is 0 Å². The first-order valence-electron chi connectivity index (χ1n) is 8.82. The summed E-state index contributed by atoms with van der Waals surface area (Å²) in [5, 5.41) is -0.518. The van der Waals surface area contributed by atoms with Gasteiger partial charge in [-0.2, -0.15) is 0 Å². The van der Waals surface area contributed by atoms with Crippen LogP contribution in [0.4, 0.5) is 0 Å². The van der Waals surface area contributed by atoms with E-state index in [-0.39, 0.29) is 18.0 Å². The highest BCUT2D eigenvalue weighted by Crippen LogP contribution is 2.79. The summed E-state index contributed by atoms with van der Waals surface area (Å²) in [5.41, 5.74) is -0.391. The van der Waals surface area contributed by atoms with Crippen LogP contribution in [-0.2, 0) is 9.36 Å². The average Bonchev–Trinajstić information content (AvgIpc) is 2.34. The third-order valence-corrected chi connectivity index (χ3v) is 10.2. The van der Waals surface area contributed by atoms with Gasteiger partial charge in [0.25, 0.3) is 5.85 Å². The summed E-state index contributed by atoms with van der Waals surface area (Å²) in [6, 6.07) is 0.343. The lowest BCUT2D eigenvalue weighted by molar-refractivity contribution is -0.159. The summed E-state index contributed by atoms with van der Waals surface area (Å²) in [6.45, 7) is 8.29. The fourth-order valence-electron chi connectivity index (χ4n) is 6.11. The summed E-state index contributed by atoms with van der Waals surface area (Å²) in [4.78, 5) is 15.5. The maximum Gasteiger partial charge on any atom is 0.259 e. The normalized spacial score (nSPS) is 39.3. The molecule has 3 nitrogen and oxygen atoms in total. The predicted molar refractivity (Wildman–Crippen MR) is 96.3 cm³/mol. The molecule has 132 valence electrons. The molecule has 0 aromatic heterocycles. The minimum absolute atomic E-state index is 0.172. The molecule has 4 saturated carbocycles. The van der Waals surface area contributed by atoms with Gasteiger partial charge in [-0.05, 0) is 101 Å². The highest BCUT2D eigenvalue weighted by Gasteiger charge is 2.66. The van der Waals surface area contributed by atoms with Gasteiger partial charge in [0.15, 0.2) is 0 Å². The molecule has 0 aromatic carbocycles. The smallest absolute Gasteiger partial charge is 0.259 e. The summed E-state index contributed by atoms with van der Waals surface area (Å²) >= 11 is 12.4. The molecule has 0 aliphatic heterocycles. The van der Waals surface area contributed by atoms with E-state index in [0.717, 1.165) is 32.1 Å². The number of halogens is 2. The predicted octanol–water partition coefficient (Wildman–Crippen LogP) is 5.64. The Kier molecular flexibility index (Phi) is 4.44. The van der Waals surface area contributed by atoms with Crippen molar-refractivity contribution in [2.45, 2.75) is 83.5 Å². The van der Waals surface area contributed by atoms with Crippen molar-refractivity contribution in [3.05, 3.63) is 0 Å². The largest absolute Gasteiger partial charge is 0.337 e. The van der Waals surface area contributed by atoms with E-state index in [9.17, 15) is 9.36 Å². The molecule has 4 fully saturated rings. The molecule has 4 bridgehead atoms. The molecule has 0 heterocycles. The number of rotatable bonds is 4. The number of hydrogen-bond donors (Lipinski definition) is 0. The Morgan fingerprint density at radius 1 is 1.04 bits per heavy atom. The van der Waals surface area contributed by atoms with Crippen molar-refractivity contribution in [2.75, 3.05) is 0 Å². The number of nitrogens with zero attached hydrogens (tertiary/aromatic N) is 1. The average molecular weight is 380 g/mol. The molecule has 0 spiro atoms. The number of carbonyl (C=O) groups is 1. The number of amides is 1. The molecule has 6 heteroatoms. The Morgan fingerprint density at radius 2 is 1.52 bits per heavy atom. The van der Waals surface area contributed by atoms with Crippen LogP contribution in [0.15, 0.2) is 0 Å². The van der Waals surface area contributed by atoms with Crippen molar-refractivity contribution in [3.8, 4) is 0 Å². The van der Waals surface area contributed by atoms with Crippen LogP contribution in [0.1, 0.15) is 66.2 Å². The fourth-order valence-corrected chi connectivity index (χ4v) is 8.72. The van der Waals surface area contributed by atoms with E-state index in [0.29, 0.717) is 18.3 Å². The Labute approximate surface area is 149 Å². The molecule has 1 amide bonds. The molecule has 0 N–H and O–H groups in total. The fraction of sp³-hybridized carbons (Fsp3) is 0.941. The summed E-state index contributed by atoms with van der Waals surface area (Å²) in [5.74, 6) is -2.11. The quantitative estimate of drug-likeness (QED) is 0.592. The lowest BCUT2D eigenvalue weighted by Crippen LogP contribution is -2.61. The standard InChI is InChI=1S/C17H28Cl2NO2P/c1-11(2)20(12(3)4)15(21)16-6-13-5-14(7-16)9-17(8-13,10-16)23(18,19)22/h11-14H,5-10H2,1-4H3/t13-,14-,16?,17?/m0/s1. The second-order valence-corrected chi connectivity index (χ2v) is 14.1. The van der Waals surface area contributed by atoms with E-state index in [4.69, 9.17) is 22.5 Å². The Morgan fingerprint density at radius 3 is 1.91 bits per heavy atom. The molecule has 4 aliphatic carbocycles. The van der Waals surface area contributed by atoms with Gasteiger partial charge in [0.1, 0.15) is 0 Å². The molecular weight excluding hydrogens is 352 g/mol. The van der Waals surface area contributed by atoms with E-state index >= 15 is 0 Å². The van der Waals surface area contributed by atoms with Crippen molar-refractivity contribution in [1.29, 1.82) is 0 Å². The molecule has 4 rings (SSSR count). The molecule has 0 unspecified atom stereocenters. The second kappa shape index (κ2) is 5.64.